The van der Waals surface area contributed by atoms with Crippen LogP contribution in [-0.2, 0) is 4.79 Å². The average molecular weight is 543 g/mol. The third kappa shape index (κ3) is 6.79. The maximum atomic E-state index is 14.8. The number of carbonyl (C=O) groups is 1. The van der Waals surface area contributed by atoms with E-state index in [2.05, 4.69) is 18.7 Å². The predicted octanol–water partition coefficient (Wildman–Crippen LogP) is 3.97. The highest BCUT2D eigenvalue weighted by atomic mass is 35.5. The summed E-state index contributed by atoms with van der Waals surface area (Å²) in [6.07, 6.45) is 6.86. The smallest absolute Gasteiger partial charge is 0.218 e. The molecule has 8 nitrogen and oxygen atoms in total. The number of halogens is 2. The summed E-state index contributed by atoms with van der Waals surface area (Å²) in [7, 11) is 3.66. The summed E-state index contributed by atoms with van der Waals surface area (Å²) in [6.45, 7) is 7.60. The summed E-state index contributed by atoms with van der Waals surface area (Å²) in [4.78, 5) is 19.1. The Hall–Kier alpha value is -3.69. The Balaban J connectivity index is 1.93. The molecule has 10 heteroatoms. The minimum Gasteiger partial charge on any atom is -0.507 e. The third-order valence-corrected chi connectivity index (χ3v) is 6.76. The number of piperazine rings is 1. The molecule has 0 atom stereocenters. The fourth-order valence-corrected chi connectivity index (χ4v) is 4.54. The van der Waals surface area contributed by atoms with Crippen molar-refractivity contribution in [1.82, 2.24) is 14.7 Å². The van der Waals surface area contributed by atoms with Crippen LogP contribution in [0.5, 0.6) is 5.75 Å². The van der Waals surface area contributed by atoms with E-state index in [1.165, 1.54) is 23.2 Å². The Morgan fingerprint density at radius 1 is 1.13 bits per heavy atom. The van der Waals surface area contributed by atoms with Crippen LogP contribution in [0.4, 0.5) is 10.1 Å². The number of aromatic hydroxyl groups is 1. The number of nitrogens with zero attached hydrogens (tertiary/aromatic N) is 4. The van der Waals surface area contributed by atoms with E-state index in [0.717, 1.165) is 26.2 Å². The van der Waals surface area contributed by atoms with Gasteiger partial charge in [-0.25, -0.2) is 4.39 Å². The van der Waals surface area contributed by atoms with Crippen molar-refractivity contribution in [1.29, 1.82) is 0 Å². The van der Waals surface area contributed by atoms with Crippen LogP contribution < -0.4 is 16.4 Å². The first-order valence-corrected chi connectivity index (χ1v) is 12.7. The second kappa shape index (κ2) is 12.7. The molecule has 0 aliphatic carbocycles. The lowest BCUT2D eigenvalue weighted by molar-refractivity contribution is -0.106. The Bertz CT molecular complexity index is 1240. The Morgan fingerprint density at radius 2 is 1.82 bits per heavy atom. The van der Waals surface area contributed by atoms with Crippen LogP contribution in [0.3, 0.4) is 0 Å². The first-order valence-electron chi connectivity index (χ1n) is 12.3. The Kier molecular flexibility index (Phi) is 9.66. The molecule has 0 unspecified atom stereocenters. The van der Waals surface area contributed by atoms with E-state index in [1.807, 2.05) is 19.0 Å². The van der Waals surface area contributed by atoms with Gasteiger partial charge in [0.1, 0.15) is 11.6 Å². The second-order valence-corrected chi connectivity index (χ2v) is 10.0. The molecule has 3 rings (SSSR count). The summed E-state index contributed by atoms with van der Waals surface area (Å²) < 4.78 is 14.8. The number of benzene rings is 2. The number of rotatable bonds is 9. The zero-order valence-electron chi connectivity index (χ0n) is 22.2. The number of phenols is 1. The number of amides is 1. The standard InChI is InChI=1S/C28H36ClFN6O2/c1-19(2)34-9-11-35(12-10-34)27(32)14-21(17-31)24-16-22(30)15-23(28(24)38)20-5-6-26(25(29)13-20)36(18-37)8-7-33(3)4/h5-8,13-19,38H,9-12,31-32H2,1-4H3/b8-7-,21-17+,27-14+. The van der Waals surface area contributed by atoms with Gasteiger partial charge in [0.25, 0.3) is 0 Å². The summed E-state index contributed by atoms with van der Waals surface area (Å²) in [5.74, 6) is -0.240. The van der Waals surface area contributed by atoms with Gasteiger partial charge in [0.05, 0.1) is 16.5 Å². The summed E-state index contributed by atoms with van der Waals surface area (Å²) >= 11 is 6.48. The molecule has 1 aliphatic heterocycles. The van der Waals surface area contributed by atoms with Crippen LogP contribution >= 0.6 is 11.6 Å². The minimum absolute atomic E-state index is 0.166. The highest BCUT2D eigenvalue weighted by Gasteiger charge is 2.21. The minimum atomic E-state index is -0.562. The molecule has 0 spiro atoms. The van der Waals surface area contributed by atoms with Crippen molar-refractivity contribution >= 4 is 29.3 Å². The van der Waals surface area contributed by atoms with E-state index in [-0.39, 0.29) is 21.9 Å². The maximum Gasteiger partial charge on any atom is 0.218 e. The van der Waals surface area contributed by atoms with Crippen LogP contribution in [0.25, 0.3) is 16.7 Å². The second-order valence-electron chi connectivity index (χ2n) is 9.60. The molecule has 1 amide bonds. The quantitative estimate of drug-likeness (QED) is 0.325. The molecule has 1 saturated heterocycles. The number of hydrogen-bond acceptors (Lipinski definition) is 7. The van der Waals surface area contributed by atoms with Crippen LogP contribution in [0.2, 0.25) is 5.02 Å². The average Bonchev–Trinajstić information content (AvgIpc) is 2.89. The number of hydrogen-bond donors (Lipinski definition) is 3. The van der Waals surface area contributed by atoms with Crippen molar-refractivity contribution in [2.24, 2.45) is 11.5 Å². The molecule has 0 aromatic heterocycles. The molecule has 1 aliphatic rings. The van der Waals surface area contributed by atoms with Gasteiger partial charge in [-0.3, -0.25) is 14.6 Å². The first kappa shape index (κ1) is 28.9. The van der Waals surface area contributed by atoms with Gasteiger partial charge in [-0.05, 0) is 49.8 Å². The lowest BCUT2D eigenvalue weighted by Crippen LogP contribution is -2.49. The fraction of sp³-hybridized carbons (Fsp3) is 0.321. The molecule has 2 aromatic carbocycles. The summed E-state index contributed by atoms with van der Waals surface area (Å²) in [5.41, 5.74) is 14.0. The lowest BCUT2D eigenvalue weighted by atomic mass is 9.96. The number of allylic oxidation sites excluding steroid dienone is 2. The lowest BCUT2D eigenvalue weighted by Gasteiger charge is -2.38. The van der Waals surface area contributed by atoms with Gasteiger partial charge in [0, 0.05) is 81.6 Å². The van der Waals surface area contributed by atoms with Gasteiger partial charge in [-0.2, -0.15) is 0 Å². The summed E-state index contributed by atoms with van der Waals surface area (Å²) in [6, 6.07) is 7.75. The molecular weight excluding hydrogens is 507 g/mol. The van der Waals surface area contributed by atoms with Crippen molar-refractivity contribution < 1.29 is 14.3 Å². The fourth-order valence-electron chi connectivity index (χ4n) is 4.26. The normalized spacial score (nSPS) is 15.4. The third-order valence-electron chi connectivity index (χ3n) is 6.45. The van der Waals surface area contributed by atoms with Crippen molar-refractivity contribution in [3.8, 4) is 16.9 Å². The number of phenolic OH excluding ortho intramolecular Hbond substituents is 1. The molecule has 0 radical (unpaired) electrons. The number of carbonyl (C=O) groups excluding carboxylic acids is 1. The van der Waals surface area contributed by atoms with Crippen LogP contribution in [0, 0.1) is 5.82 Å². The topological polar surface area (TPSA) is 102 Å². The maximum absolute atomic E-state index is 14.8. The molecular formula is C28H36ClFN6O2. The largest absolute Gasteiger partial charge is 0.507 e. The van der Waals surface area contributed by atoms with E-state index in [4.69, 9.17) is 23.1 Å². The van der Waals surface area contributed by atoms with E-state index >= 15 is 0 Å². The molecule has 38 heavy (non-hydrogen) atoms. The molecule has 5 N–H and O–H groups in total. The van der Waals surface area contributed by atoms with Gasteiger partial charge in [-0.1, -0.05) is 17.7 Å². The zero-order valence-corrected chi connectivity index (χ0v) is 23.0. The number of nitrogens with two attached hydrogens (primary N) is 2. The van der Waals surface area contributed by atoms with Gasteiger partial charge < -0.3 is 26.4 Å². The van der Waals surface area contributed by atoms with Crippen molar-refractivity contribution in [2.75, 3.05) is 45.2 Å². The van der Waals surface area contributed by atoms with Crippen LogP contribution in [-0.4, -0.2) is 72.5 Å². The van der Waals surface area contributed by atoms with Gasteiger partial charge in [-0.15, -0.1) is 0 Å². The molecule has 0 bridgehead atoms. The van der Waals surface area contributed by atoms with Crippen molar-refractivity contribution in [3.05, 3.63) is 77.2 Å². The molecule has 1 fully saturated rings. The van der Waals surface area contributed by atoms with E-state index in [0.29, 0.717) is 35.1 Å². The monoisotopic (exact) mass is 542 g/mol. The van der Waals surface area contributed by atoms with Gasteiger partial charge in [0.15, 0.2) is 0 Å². The highest BCUT2D eigenvalue weighted by molar-refractivity contribution is 6.34. The summed E-state index contributed by atoms with van der Waals surface area (Å²) in [5, 5.41) is 11.4. The molecule has 1 heterocycles. The first-order chi connectivity index (χ1) is 18.0. The van der Waals surface area contributed by atoms with E-state index < -0.39 is 5.82 Å². The van der Waals surface area contributed by atoms with Gasteiger partial charge in [0.2, 0.25) is 6.41 Å². The molecule has 0 saturated carbocycles. The molecule has 204 valence electrons. The Labute approximate surface area is 228 Å². The highest BCUT2D eigenvalue weighted by Crippen LogP contribution is 2.39. The number of anilines is 1. The van der Waals surface area contributed by atoms with Gasteiger partial charge >= 0.3 is 0 Å². The van der Waals surface area contributed by atoms with Crippen molar-refractivity contribution in [3.63, 3.8) is 0 Å². The zero-order chi connectivity index (χ0) is 28.0. The predicted molar refractivity (Wildman–Crippen MR) is 153 cm³/mol. The molecule has 2 aromatic rings. The van der Waals surface area contributed by atoms with Crippen LogP contribution in [0.1, 0.15) is 19.4 Å². The van der Waals surface area contributed by atoms with E-state index in [1.54, 1.807) is 41.6 Å². The van der Waals surface area contributed by atoms with E-state index in [9.17, 15) is 14.3 Å². The SMILES string of the molecule is CC(C)N1CCN(/C(N)=C/C(=C\N)c2cc(F)cc(-c3ccc(N(C=O)/C=C\N(C)C)c(Cl)c3)c2O)CC1. The van der Waals surface area contributed by atoms with Crippen molar-refractivity contribution in [2.45, 2.75) is 19.9 Å². The van der Waals surface area contributed by atoms with Crippen LogP contribution in [0.15, 0.2) is 60.8 Å². The Morgan fingerprint density at radius 3 is 2.37 bits per heavy atom.